The van der Waals surface area contributed by atoms with Crippen LogP contribution in [0, 0.1) is 18.3 Å². The molecule has 1 saturated carbocycles. The Morgan fingerprint density at radius 3 is 2.43 bits per heavy atom. The van der Waals surface area contributed by atoms with E-state index in [-0.39, 0.29) is 0 Å². The number of ether oxygens (including phenoxy) is 1. The third-order valence-corrected chi connectivity index (χ3v) is 5.32. The van der Waals surface area contributed by atoms with Gasteiger partial charge in [-0.3, -0.25) is 4.90 Å². The summed E-state index contributed by atoms with van der Waals surface area (Å²) in [6.07, 6.45) is 11.0. The van der Waals surface area contributed by atoms with Crippen LogP contribution in [0.3, 0.4) is 0 Å². The van der Waals surface area contributed by atoms with Crippen molar-refractivity contribution in [2.45, 2.75) is 45.1 Å². The van der Waals surface area contributed by atoms with E-state index in [1.165, 1.54) is 57.2 Å². The summed E-state index contributed by atoms with van der Waals surface area (Å²) in [6, 6.07) is 8.53. The van der Waals surface area contributed by atoms with E-state index in [1.807, 2.05) is 0 Å². The van der Waals surface area contributed by atoms with Crippen molar-refractivity contribution in [2.75, 3.05) is 20.2 Å². The molecule has 1 aliphatic heterocycles. The molecule has 0 bridgehead atoms. The van der Waals surface area contributed by atoms with E-state index < -0.39 is 0 Å². The number of likely N-dealkylation sites (tertiary alicyclic amines) is 1. The largest absolute Gasteiger partial charge is 0.497 e. The van der Waals surface area contributed by atoms with Crippen molar-refractivity contribution in [2.24, 2.45) is 11.8 Å². The van der Waals surface area contributed by atoms with Crippen LogP contribution in [0.25, 0.3) is 0 Å². The van der Waals surface area contributed by atoms with Crippen molar-refractivity contribution >= 4 is 0 Å². The number of piperidine rings is 1. The smallest absolute Gasteiger partial charge is 0.118 e. The first-order valence-electron chi connectivity index (χ1n) is 8.52. The van der Waals surface area contributed by atoms with E-state index in [0.29, 0.717) is 0 Å². The standard InChI is InChI=1S/C19H28NO/c1-21-19-9-7-16(8-10-19)15-20-13-11-18(12-14-20)17-5-3-2-4-6-17/h3,7-10,17-18H,2,4-6,11-15H2,1H3. The third kappa shape index (κ3) is 4.00. The van der Waals surface area contributed by atoms with Crippen LogP contribution < -0.4 is 4.74 Å². The normalized spacial score (nSPS) is 22.3. The average Bonchev–Trinajstić information content (AvgIpc) is 2.57. The summed E-state index contributed by atoms with van der Waals surface area (Å²) in [5.41, 5.74) is 1.40. The summed E-state index contributed by atoms with van der Waals surface area (Å²) in [6.45, 7) is 3.63. The summed E-state index contributed by atoms with van der Waals surface area (Å²) in [5, 5.41) is 0. The molecule has 1 saturated heterocycles. The minimum absolute atomic E-state index is 0.950. The molecule has 3 rings (SSSR count). The highest BCUT2D eigenvalue weighted by molar-refractivity contribution is 5.27. The monoisotopic (exact) mass is 286 g/mol. The number of rotatable bonds is 4. The predicted octanol–water partition coefficient (Wildman–Crippen LogP) is 4.30. The lowest BCUT2D eigenvalue weighted by atomic mass is 9.76. The van der Waals surface area contributed by atoms with Crippen molar-refractivity contribution in [3.63, 3.8) is 0 Å². The van der Waals surface area contributed by atoms with E-state index in [2.05, 4.69) is 35.6 Å². The highest BCUT2D eigenvalue weighted by Crippen LogP contribution is 2.35. The first-order valence-corrected chi connectivity index (χ1v) is 8.52. The van der Waals surface area contributed by atoms with Gasteiger partial charge in [-0.25, -0.2) is 0 Å². The molecule has 1 radical (unpaired) electrons. The van der Waals surface area contributed by atoms with Crippen LogP contribution >= 0.6 is 0 Å². The molecule has 21 heavy (non-hydrogen) atoms. The van der Waals surface area contributed by atoms with E-state index in [4.69, 9.17) is 4.74 Å². The van der Waals surface area contributed by atoms with Crippen LogP contribution in [0.15, 0.2) is 24.3 Å². The highest BCUT2D eigenvalue weighted by atomic mass is 16.5. The number of benzene rings is 1. The van der Waals surface area contributed by atoms with Gasteiger partial charge in [-0.05, 0) is 68.3 Å². The number of nitrogens with zero attached hydrogens (tertiary/aromatic N) is 1. The lowest BCUT2D eigenvalue weighted by molar-refractivity contribution is 0.130. The second-order valence-electron chi connectivity index (χ2n) is 6.68. The zero-order valence-corrected chi connectivity index (χ0v) is 13.3. The Balaban J connectivity index is 1.46. The van der Waals surface area contributed by atoms with Gasteiger partial charge in [-0.1, -0.05) is 31.4 Å². The van der Waals surface area contributed by atoms with Crippen LogP contribution in [0.2, 0.25) is 0 Å². The fourth-order valence-electron chi connectivity index (χ4n) is 3.97. The van der Waals surface area contributed by atoms with Gasteiger partial charge in [0, 0.05) is 6.54 Å². The maximum absolute atomic E-state index is 5.22. The molecule has 0 spiro atoms. The quantitative estimate of drug-likeness (QED) is 0.818. The molecule has 1 atom stereocenters. The minimum Gasteiger partial charge on any atom is -0.497 e. The fraction of sp³-hybridized carbons (Fsp3) is 0.632. The SMILES string of the molecule is COc1ccc(CN2CCC(C3C[CH]CCC3)CC2)cc1. The number of hydrogen-bond donors (Lipinski definition) is 0. The summed E-state index contributed by atoms with van der Waals surface area (Å²) < 4.78 is 5.22. The number of methoxy groups -OCH3 is 1. The van der Waals surface area contributed by atoms with Crippen molar-refractivity contribution in [3.8, 4) is 5.75 Å². The van der Waals surface area contributed by atoms with Crippen LogP contribution in [0.4, 0.5) is 0 Å². The Labute approximate surface area is 129 Å². The first-order chi connectivity index (χ1) is 10.3. The molecule has 115 valence electrons. The predicted molar refractivity (Wildman–Crippen MR) is 87.3 cm³/mol. The molecular weight excluding hydrogens is 258 g/mol. The Morgan fingerprint density at radius 2 is 1.81 bits per heavy atom. The Kier molecular flexibility index (Phi) is 5.18. The number of hydrogen-bond acceptors (Lipinski definition) is 2. The highest BCUT2D eigenvalue weighted by Gasteiger charge is 2.27. The van der Waals surface area contributed by atoms with Crippen molar-refractivity contribution < 1.29 is 4.74 Å². The second kappa shape index (κ2) is 7.31. The fourth-order valence-corrected chi connectivity index (χ4v) is 3.97. The zero-order chi connectivity index (χ0) is 14.5. The van der Waals surface area contributed by atoms with Gasteiger partial charge < -0.3 is 4.74 Å². The molecule has 1 aromatic rings. The van der Waals surface area contributed by atoms with Gasteiger partial charge in [0.1, 0.15) is 5.75 Å². The molecule has 1 aliphatic carbocycles. The zero-order valence-electron chi connectivity index (χ0n) is 13.3. The lowest BCUT2D eigenvalue weighted by Gasteiger charge is -2.37. The molecule has 1 unspecified atom stereocenters. The van der Waals surface area contributed by atoms with E-state index in [1.54, 1.807) is 7.11 Å². The molecule has 1 aromatic carbocycles. The van der Waals surface area contributed by atoms with Gasteiger partial charge in [0.15, 0.2) is 0 Å². The maximum Gasteiger partial charge on any atom is 0.118 e. The van der Waals surface area contributed by atoms with Gasteiger partial charge in [-0.2, -0.15) is 0 Å². The summed E-state index contributed by atoms with van der Waals surface area (Å²) in [7, 11) is 1.72. The third-order valence-electron chi connectivity index (χ3n) is 5.32. The van der Waals surface area contributed by atoms with Gasteiger partial charge in [-0.15, -0.1) is 0 Å². The summed E-state index contributed by atoms with van der Waals surface area (Å²) >= 11 is 0. The van der Waals surface area contributed by atoms with E-state index in [0.717, 1.165) is 24.1 Å². The van der Waals surface area contributed by atoms with Gasteiger partial charge in [0.2, 0.25) is 0 Å². The van der Waals surface area contributed by atoms with E-state index >= 15 is 0 Å². The maximum atomic E-state index is 5.22. The first kappa shape index (κ1) is 14.9. The Morgan fingerprint density at radius 1 is 1.05 bits per heavy atom. The summed E-state index contributed by atoms with van der Waals surface area (Å²) in [5.74, 6) is 2.92. The average molecular weight is 286 g/mol. The summed E-state index contributed by atoms with van der Waals surface area (Å²) in [4.78, 5) is 2.62. The van der Waals surface area contributed by atoms with Gasteiger partial charge >= 0.3 is 0 Å². The van der Waals surface area contributed by atoms with Crippen molar-refractivity contribution in [3.05, 3.63) is 36.2 Å². The molecule has 1 heterocycles. The van der Waals surface area contributed by atoms with E-state index in [9.17, 15) is 0 Å². The topological polar surface area (TPSA) is 12.5 Å². The van der Waals surface area contributed by atoms with Crippen molar-refractivity contribution in [1.82, 2.24) is 4.90 Å². The molecule has 0 amide bonds. The molecule has 0 N–H and O–H groups in total. The Bertz CT molecular complexity index is 414. The molecule has 0 aromatic heterocycles. The van der Waals surface area contributed by atoms with Gasteiger partial charge in [0.25, 0.3) is 0 Å². The van der Waals surface area contributed by atoms with Crippen LogP contribution in [0.1, 0.15) is 44.1 Å². The van der Waals surface area contributed by atoms with Crippen LogP contribution in [-0.2, 0) is 6.54 Å². The van der Waals surface area contributed by atoms with Crippen LogP contribution in [-0.4, -0.2) is 25.1 Å². The van der Waals surface area contributed by atoms with Gasteiger partial charge in [0.05, 0.1) is 7.11 Å². The molecule has 2 heteroatoms. The molecule has 2 nitrogen and oxygen atoms in total. The Hall–Kier alpha value is -1.02. The molecule has 2 aliphatic rings. The minimum atomic E-state index is 0.950. The molecule has 2 fully saturated rings. The van der Waals surface area contributed by atoms with Crippen LogP contribution in [0.5, 0.6) is 5.75 Å². The second-order valence-corrected chi connectivity index (χ2v) is 6.68. The van der Waals surface area contributed by atoms with Crippen molar-refractivity contribution in [1.29, 1.82) is 0 Å². The molecular formula is C19H28NO. The lowest BCUT2D eigenvalue weighted by Crippen LogP contribution is -2.36.